The monoisotopic (exact) mass is 233 g/mol. The number of rotatable bonds is 2. The average molecular weight is 233 g/mol. The Kier molecular flexibility index (Phi) is 2.75. The molecule has 2 amide bonds. The van der Waals surface area contributed by atoms with Crippen LogP contribution in [-0.2, 0) is 9.59 Å². The van der Waals surface area contributed by atoms with Gasteiger partial charge in [-0.15, -0.1) is 0 Å². The standard InChI is InChI=1S/C11H8FN3O2/c12-7-3-6(5-13)1-2-8(7)14-9-4-10(16)15-11(9)17/h1-3,9,14H,4H2,(H,15,16,17). The van der Waals surface area contributed by atoms with E-state index in [2.05, 4.69) is 10.6 Å². The summed E-state index contributed by atoms with van der Waals surface area (Å²) in [5.41, 5.74) is 0.291. The van der Waals surface area contributed by atoms with Gasteiger partial charge in [0.1, 0.15) is 11.9 Å². The molecule has 0 radical (unpaired) electrons. The summed E-state index contributed by atoms with van der Waals surface area (Å²) in [4.78, 5) is 22.2. The first-order valence-electron chi connectivity index (χ1n) is 4.90. The molecule has 1 fully saturated rings. The average Bonchev–Trinajstić information content (AvgIpc) is 2.60. The minimum atomic E-state index is -0.759. The number of hydrogen-bond acceptors (Lipinski definition) is 4. The van der Waals surface area contributed by atoms with Crippen LogP contribution < -0.4 is 10.6 Å². The van der Waals surface area contributed by atoms with Crippen molar-refractivity contribution >= 4 is 17.5 Å². The van der Waals surface area contributed by atoms with E-state index in [1.165, 1.54) is 12.1 Å². The summed E-state index contributed by atoms with van der Waals surface area (Å²) in [6.07, 6.45) is -0.0156. The van der Waals surface area contributed by atoms with E-state index in [-0.39, 0.29) is 23.6 Å². The molecule has 2 N–H and O–H groups in total. The van der Waals surface area contributed by atoms with Crippen LogP contribution in [0.5, 0.6) is 0 Å². The highest BCUT2D eigenvalue weighted by atomic mass is 19.1. The fourth-order valence-corrected chi connectivity index (χ4v) is 1.56. The SMILES string of the molecule is N#Cc1ccc(NC2CC(=O)NC2=O)c(F)c1. The number of anilines is 1. The first-order valence-corrected chi connectivity index (χ1v) is 4.90. The molecule has 1 heterocycles. The molecule has 1 aliphatic rings. The first-order chi connectivity index (χ1) is 8.10. The van der Waals surface area contributed by atoms with Crippen molar-refractivity contribution in [3.05, 3.63) is 29.6 Å². The highest BCUT2D eigenvalue weighted by molar-refractivity contribution is 6.06. The number of amides is 2. The summed E-state index contributed by atoms with van der Waals surface area (Å²) < 4.78 is 13.5. The van der Waals surface area contributed by atoms with Crippen LogP contribution >= 0.6 is 0 Å². The zero-order valence-corrected chi connectivity index (χ0v) is 8.66. The molecule has 1 atom stereocenters. The first kappa shape index (κ1) is 11.1. The topological polar surface area (TPSA) is 82.0 Å². The lowest BCUT2D eigenvalue weighted by atomic mass is 10.2. The molecule has 0 aromatic heterocycles. The van der Waals surface area contributed by atoms with E-state index in [1.54, 1.807) is 6.07 Å². The van der Waals surface area contributed by atoms with Crippen molar-refractivity contribution in [2.75, 3.05) is 5.32 Å². The van der Waals surface area contributed by atoms with Gasteiger partial charge < -0.3 is 5.32 Å². The lowest BCUT2D eigenvalue weighted by Gasteiger charge is -2.11. The number of carbonyl (C=O) groups is 2. The number of hydrogen-bond donors (Lipinski definition) is 2. The van der Waals surface area contributed by atoms with Crippen LogP contribution in [0.2, 0.25) is 0 Å². The molecule has 0 bridgehead atoms. The number of imide groups is 1. The highest BCUT2D eigenvalue weighted by Crippen LogP contribution is 2.18. The summed E-state index contributed by atoms with van der Waals surface area (Å²) in [7, 11) is 0. The fourth-order valence-electron chi connectivity index (χ4n) is 1.56. The number of benzene rings is 1. The zero-order chi connectivity index (χ0) is 12.4. The van der Waals surface area contributed by atoms with Gasteiger partial charge in [-0.05, 0) is 18.2 Å². The second-order valence-electron chi connectivity index (χ2n) is 3.62. The quantitative estimate of drug-likeness (QED) is 0.730. The van der Waals surface area contributed by atoms with Gasteiger partial charge >= 0.3 is 0 Å². The van der Waals surface area contributed by atoms with Crippen molar-refractivity contribution in [2.24, 2.45) is 0 Å². The molecule has 5 nitrogen and oxygen atoms in total. The molecule has 0 saturated carbocycles. The smallest absolute Gasteiger partial charge is 0.249 e. The normalized spacial score (nSPS) is 18.7. The van der Waals surface area contributed by atoms with Crippen molar-refractivity contribution in [3.8, 4) is 6.07 Å². The molecule has 1 aliphatic heterocycles. The molecule has 0 spiro atoms. The van der Waals surface area contributed by atoms with Gasteiger partial charge in [0.25, 0.3) is 0 Å². The lowest BCUT2D eigenvalue weighted by Crippen LogP contribution is -2.30. The zero-order valence-electron chi connectivity index (χ0n) is 8.66. The van der Waals surface area contributed by atoms with Gasteiger partial charge in [0.05, 0.1) is 23.7 Å². The Hall–Kier alpha value is -2.42. The van der Waals surface area contributed by atoms with Crippen LogP contribution in [0.1, 0.15) is 12.0 Å². The van der Waals surface area contributed by atoms with Crippen molar-refractivity contribution in [1.82, 2.24) is 5.32 Å². The van der Waals surface area contributed by atoms with E-state index < -0.39 is 17.8 Å². The Bertz CT molecular complexity index is 536. The second-order valence-corrected chi connectivity index (χ2v) is 3.62. The molecular weight excluding hydrogens is 225 g/mol. The Balaban J connectivity index is 2.17. The molecule has 1 unspecified atom stereocenters. The van der Waals surface area contributed by atoms with Crippen LogP contribution in [-0.4, -0.2) is 17.9 Å². The molecular formula is C11H8FN3O2. The third kappa shape index (κ3) is 2.23. The van der Waals surface area contributed by atoms with Gasteiger partial charge in [0.2, 0.25) is 11.8 Å². The Labute approximate surface area is 96.2 Å². The molecule has 17 heavy (non-hydrogen) atoms. The van der Waals surface area contributed by atoms with E-state index in [1.807, 2.05) is 0 Å². The van der Waals surface area contributed by atoms with Gasteiger partial charge in [-0.2, -0.15) is 5.26 Å². The molecule has 2 rings (SSSR count). The second kappa shape index (κ2) is 4.22. The molecule has 1 aromatic rings. The van der Waals surface area contributed by atoms with Gasteiger partial charge in [0.15, 0.2) is 0 Å². The van der Waals surface area contributed by atoms with Crippen molar-refractivity contribution in [1.29, 1.82) is 5.26 Å². The van der Waals surface area contributed by atoms with E-state index in [0.717, 1.165) is 6.07 Å². The Morgan fingerprint density at radius 2 is 2.24 bits per heavy atom. The summed E-state index contributed by atoms with van der Waals surface area (Å²) in [6.45, 7) is 0. The van der Waals surface area contributed by atoms with Crippen LogP contribution in [0.25, 0.3) is 0 Å². The number of nitrogens with zero attached hydrogens (tertiary/aromatic N) is 1. The largest absolute Gasteiger partial charge is 0.371 e. The van der Waals surface area contributed by atoms with Gasteiger partial charge in [-0.25, -0.2) is 4.39 Å². The Morgan fingerprint density at radius 3 is 2.76 bits per heavy atom. The minimum absolute atomic E-state index is 0.0156. The van der Waals surface area contributed by atoms with E-state index in [9.17, 15) is 14.0 Å². The predicted molar refractivity (Wildman–Crippen MR) is 56.3 cm³/mol. The number of nitrogens with one attached hydrogen (secondary N) is 2. The summed E-state index contributed by atoms with van der Waals surface area (Å²) in [5, 5.41) is 13.3. The molecule has 0 aliphatic carbocycles. The number of nitriles is 1. The fraction of sp³-hybridized carbons (Fsp3) is 0.182. The molecule has 1 aromatic carbocycles. The third-order valence-electron chi connectivity index (χ3n) is 2.40. The minimum Gasteiger partial charge on any atom is -0.371 e. The van der Waals surface area contributed by atoms with Crippen LogP contribution in [0, 0.1) is 17.1 Å². The van der Waals surface area contributed by atoms with Crippen molar-refractivity contribution < 1.29 is 14.0 Å². The maximum Gasteiger partial charge on any atom is 0.249 e. The van der Waals surface area contributed by atoms with Crippen molar-refractivity contribution in [3.63, 3.8) is 0 Å². The van der Waals surface area contributed by atoms with Gasteiger partial charge in [-0.1, -0.05) is 0 Å². The lowest BCUT2D eigenvalue weighted by molar-refractivity contribution is -0.124. The van der Waals surface area contributed by atoms with E-state index in [0.29, 0.717) is 0 Å². The molecule has 1 saturated heterocycles. The van der Waals surface area contributed by atoms with Crippen LogP contribution in [0.3, 0.4) is 0 Å². The molecule has 86 valence electrons. The summed E-state index contributed by atoms with van der Waals surface area (Å²) >= 11 is 0. The molecule has 6 heteroatoms. The summed E-state index contributed by atoms with van der Waals surface area (Å²) in [5.74, 6) is -1.49. The van der Waals surface area contributed by atoms with Gasteiger partial charge in [0, 0.05) is 0 Å². The number of carbonyl (C=O) groups excluding carboxylic acids is 2. The number of halogens is 1. The highest BCUT2D eigenvalue weighted by Gasteiger charge is 2.30. The van der Waals surface area contributed by atoms with Crippen molar-refractivity contribution in [2.45, 2.75) is 12.5 Å². The van der Waals surface area contributed by atoms with E-state index in [4.69, 9.17) is 5.26 Å². The maximum absolute atomic E-state index is 13.5. The van der Waals surface area contributed by atoms with Crippen LogP contribution in [0.4, 0.5) is 10.1 Å². The maximum atomic E-state index is 13.5. The third-order valence-corrected chi connectivity index (χ3v) is 2.40. The van der Waals surface area contributed by atoms with Crippen LogP contribution in [0.15, 0.2) is 18.2 Å². The van der Waals surface area contributed by atoms with Gasteiger partial charge in [-0.3, -0.25) is 14.9 Å². The summed E-state index contributed by atoms with van der Waals surface area (Å²) in [6, 6.07) is 4.91. The Morgan fingerprint density at radius 1 is 1.47 bits per heavy atom. The predicted octanol–water partition coefficient (Wildman–Crippen LogP) is 0.524. The van der Waals surface area contributed by atoms with E-state index >= 15 is 0 Å².